The number of benzene rings is 2. The van der Waals surface area contributed by atoms with Gasteiger partial charge >= 0.3 is 5.97 Å². The molecule has 0 N–H and O–H groups in total. The van der Waals surface area contributed by atoms with E-state index in [4.69, 9.17) is 4.74 Å². The number of hydrogen-bond acceptors (Lipinski definition) is 5. The zero-order chi connectivity index (χ0) is 21.1. The van der Waals surface area contributed by atoms with Gasteiger partial charge in [0.15, 0.2) is 0 Å². The first kappa shape index (κ1) is 22.8. The van der Waals surface area contributed by atoms with Crippen molar-refractivity contribution in [2.45, 2.75) is 45.4 Å². The first-order chi connectivity index (χ1) is 13.9. The van der Waals surface area contributed by atoms with Crippen LogP contribution in [0.25, 0.3) is 0 Å². The Labute approximate surface area is 171 Å². The van der Waals surface area contributed by atoms with Crippen LogP contribution >= 0.6 is 7.14 Å². The third kappa shape index (κ3) is 7.47. The van der Waals surface area contributed by atoms with Gasteiger partial charge in [0.2, 0.25) is 0 Å². The molecule has 6 nitrogen and oxygen atoms in total. The van der Waals surface area contributed by atoms with Gasteiger partial charge in [-0.1, -0.05) is 69.4 Å². The Kier molecular flexibility index (Phi) is 9.07. The third-order valence-electron chi connectivity index (χ3n) is 4.76. The second-order valence-corrected chi connectivity index (χ2v) is 10.2. The molecule has 0 bridgehead atoms. The number of hydrogen-bond donors (Lipinski definition) is 0. The fraction of sp³-hybridized carbons (Fsp3) is 0.409. The molecular weight excluding hydrogens is 389 g/mol. The molecule has 2 aromatic rings. The lowest BCUT2D eigenvalue weighted by Gasteiger charge is -2.18. The number of ether oxygens (including phenoxy) is 1. The summed E-state index contributed by atoms with van der Waals surface area (Å²) in [6, 6.07) is 14.4. The van der Waals surface area contributed by atoms with Crippen molar-refractivity contribution in [1.29, 1.82) is 0 Å². The van der Waals surface area contributed by atoms with Gasteiger partial charge in [0.1, 0.15) is 19.1 Å². The summed E-state index contributed by atoms with van der Waals surface area (Å²) < 4.78 is 18.9. The SMILES string of the molecule is CCCCCCCCP(=O)(CC(=O)Oc1ccc([N+](=O)[O-])cc1)c1ccccc1. The summed E-state index contributed by atoms with van der Waals surface area (Å²) in [5, 5.41) is 11.4. The van der Waals surface area contributed by atoms with E-state index >= 15 is 0 Å². The molecule has 0 aliphatic heterocycles. The molecule has 156 valence electrons. The van der Waals surface area contributed by atoms with Crippen LogP contribution in [0.5, 0.6) is 5.75 Å². The summed E-state index contributed by atoms with van der Waals surface area (Å²) in [5.74, 6) is -0.378. The van der Waals surface area contributed by atoms with Crippen LogP contribution in [0, 0.1) is 10.1 Å². The predicted octanol–water partition coefficient (Wildman–Crippen LogP) is 5.55. The lowest BCUT2D eigenvalue weighted by Crippen LogP contribution is -2.20. The molecule has 0 saturated carbocycles. The summed E-state index contributed by atoms with van der Waals surface area (Å²) in [5.41, 5.74) is -0.0807. The second-order valence-electron chi connectivity index (χ2n) is 7.10. The number of unbranched alkanes of at least 4 members (excludes halogenated alkanes) is 5. The average Bonchev–Trinajstić information content (AvgIpc) is 2.71. The van der Waals surface area contributed by atoms with Gasteiger partial charge in [-0.3, -0.25) is 14.9 Å². The van der Waals surface area contributed by atoms with E-state index in [1.54, 1.807) is 12.1 Å². The van der Waals surface area contributed by atoms with E-state index < -0.39 is 18.0 Å². The summed E-state index contributed by atoms with van der Waals surface area (Å²) in [6.07, 6.45) is 6.76. The Hall–Kier alpha value is -2.46. The van der Waals surface area contributed by atoms with E-state index in [0.29, 0.717) is 11.5 Å². The quantitative estimate of drug-likeness (QED) is 0.113. The van der Waals surface area contributed by atoms with Gasteiger partial charge in [0.25, 0.3) is 5.69 Å². The predicted molar refractivity (Wildman–Crippen MR) is 116 cm³/mol. The minimum atomic E-state index is -2.93. The highest BCUT2D eigenvalue weighted by Gasteiger charge is 2.28. The van der Waals surface area contributed by atoms with Crippen LogP contribution in [0.2, 0.25) is 0 Å². The fourth-order valence-corrected chi connectivity index (χ4v) is 5.69. The van der Waals surface area contributed by atoms with E-state index in [1.807, 2.05) is 18.2 Å². The van der Waals surface area contributed by atoms with Crippen LogP contribution in [0.3, 0.4) is 0 Å². The summed E-state index contributed by atoms with van der Waals surface area (Å²) in [7, 11) is -2.93. The van der Waals surface area contributed by atoms with E-state index in [9.17, 15) is 19.5 Å². The van der Waals surface area contributed by atoms with Crippen LogP contribution < -0.4 is 10.0 Å². The van der Waals surface area contributed by atoms with Crippen molar-refractivity contribution in [3.8, 4) is 5.75 Å². The van der Waals surface area contributed by atoms with Crippen molar-refractivity contribution in [1.82, 2.24) is 0 Å². The van der Waals surface area contributed by atoms with Gasteiger partial charge in [-0.15, -0.1) is 0 Å². The van der Waals surface area contributed by atoms with Crippen molar-refractivity contribution < 1.29 is 19.0 Å². The Bertz CT molecular complexity index is 836. The van der Waals surface area contributed by atoms with E-state index in [2.05, 4.69) is 6.92 Å². The fourth-order valence-electron chi connectivity index (χ4n) is 3.15. The van der Waals surface area contributed by atoms with E-state index in [0.717, 1.165) is 19.3 Å². The number of nitro benzene ring substituents is 1. The Morgan fingerprint density at radius 2 is 1.59 bits per heavy atom. The zero-order valence-electron chi connectivity index (χ0n) is 16.8. The molecule has 0 radical (unpaired) electrons. The van der Waals surface area contributed by atoms with Gasteiger partial charge < -0.3 is 9.30 Å². The zero-order valence-corrected chi connectivity index (χ0v) is 17.7. The summed E-state index contributed by atoms with van der Waals surface area (Å²) >= 11 is 0. The minimum absolute atomic E-state index is 0.0807. The molecule has 0 heterocycles. The number of rotatable bonds is 12. The highest BCUT2D eigenvalue weighted by atomic mass is 31.2. The molecule has 29 heavy (non-hydrogen) atoms. The second kappa shape index (κ2) is 11.5. The van der Waals surface area contributed by atoms with Gasteiger partial charge in [-0.2, -0.15) is 0 Å². The van der Waals surface area contributed by atoms with Gasteiger partial charge in [0.05, 0.1) is 4.92 Å². The number of carbonyl (C=O) groups excluding carboxylic acids is 1. The van der Waals surface area contributed by atoms with Crippen LogP contribution in [0.1, 0.15) is 45.4 Å². The summed E-state index contributed by atoms with van der Waals surface area (Å²) in [4.78, 5) is 22.7. The molecule has 2 rings (SSSR count). The molecule has 0 saturated heterocycles. The minimum Gasteiger partial charge on any atom is -0.426 e. The van der Waals surface area contributed by atoms with E-state index in [-0.39, 0.29) is 17.6 Å². The maximum Gasteiger partial charge on any atom is 0.318 e. The topological polar surface area (TPSA) is 86.5 Å². The molecule has 0 spiro atoms. The normalized spacial score (nSPS) is 12.9. The maximum atomic E-state index is 13.7. The monoisotopic (exact) mass is 417 g/mol. The number of nitro groups is 1. The molecule has 0 fully saturated rings. The van der Waals surface area contributed by atoms with Crippen molar-refractivity contribution in [3.05, 3.63) is 64.7 Å². The molecule has 0 aliphatic rings. The Balaban J connectivity index is 2.01. The molecule has 0 aromatic heterocycles. The van der Waals surface area contributed by atoms with E-state index in [1.165, 1.54) is 43.5 Å². The molecule has 7 heteroatoms. The molecule has 0 amide bonds. The summed E-state index contributed by atoms with van der Waals surface area (Å²) in [6.45, 7) is 2.17. The highest BCUT2D eigenvalue weighted by molar-refractivity contribution is 7.72. The highest BCUT2D eigenvalue weighted by Crippen LogP contribution is 2.45. The molecule has 2 aromatic carbocycles. The van der Waals surface area contributed by atoms with Gasteiger partial charge in [0, 0.05) is 23.6 Å². The maximum absolute atomic E-state index is 13.7. The van der Waals surface area contributed by atoms with Crippen LogP contribution in [-0.4, -0.2) is 23.2 Å². The van der Waals surface area contributed by atoms with Gasteiger partial charge in [-0.05, 0) is 18.6 Å². The number of carbonyl (C=O) groups is 1. The lowest BCUT2D eigenvalue weighted by molar-refractivity contribution is -0.384. The Morgan fingerprint density at radius 1 is 0.966 bits per heavy atom. The first-order valence-corrected chi connectivity index (χ1v) is 12.1. The van der Waals surface area contributed by atoms with Crippen molar-refractivity contribution in [2.75, 3.05) is 12.3 Å². The van der Waals surface area contributed by atoms with Crippen LogP contribution in [-0.2, 0) is 9.36 Å². The van der Waals surface area contributed by atoms with Gasteiger partial charge in [-0.25, -0.2) is 0 Å². The van der Waals surface area contributed by atoms with Crippen molar-refractivity contribution >= 4 is 24.1 Å². The molecule has 0 aliphatic carbocycles. The number of nitrogens with zero attached hydrogens (tertiary/aromatic N) is 1. The molecular formula is C22H28NO5P. The molecule has 1 atom stereocenters. The average molecular weight is 417 g/mol. The van der Waals surface area contributed by atoms with Crippen LogP contribution in [0.15, 0.2) is 54.6 Å². The molecule has 1 unspecified atom stereocenters. The number of esters is 1. The smallest absolute Gasteiger partial charge is 0.318 e. The van der Waals surface area contributed by atoms with Crippen molar-refractivity contribution in [2.24, 2.45) is 0 Å². The largest absolute Gasteiger partial charge is 0.426 e. The number of non-ortho nitro benzene ring substituents is 1. The van der Waals surface area contributed by atoms with Crippen LogP contribution in [0.4, 0.5) is 5.69 Å². The Morgan fingerprint density at radius 3 is 2.21 bits per heavy atom. The van der Waals surface area contributed by atoms with Crippen molar-refractivity contribution in [3.63, 3.8) is 0 Å². The third-order valence-corrected chi connectivity index (χ3v) is 7.81. The standard InChI is InChI=1S/C22H28NO5P/c1-2-3-4-5-6-10-17-29(27,21-11-8-7-9-12-21)18-22(24)28-20-15-13-19(14-16-20)23(25)26/h7-9,11-16H,2-6,10,17-18H2,1H3. The lowest BCUT2D eigenvalue weighted by atomic mass is 10.1. The first-order valence-electron chi connectivity index (χ1n) is 10.0.